The van der Waals surface area contributed by atoms with E-state index in [9.17, 15) is 0 Å². The number of fused-ring (bicyclic) bond motifs is 1. The second-order valence-corrected chi connectivity index (χ2v) is 5.30. The van der Waals surface area contributed by atoms with Gasteiger partial charge in [0.2, 0.25) is 0 Å². The number of aryl methyl sites for hydroxylation is 2. The highest BCUT2D eigenvalue weighted by Gasteiger charge is 2.04. The van der Waals surface area contributed by atoms with E-state index in [1.54, 1.807) is 0 Å². The molecule has 0 atom stereocenters. The van der Waals surface area contributed by atoms with Gasteiger partial charge in [-0.15, -0.1) is 0 Å². The van der Waals surface area contributed by atoms with Crippen LogP contribution in [0, 0.1) is 11.3 Å². The summed E-state index contributed by atoms with van der Waals surface area (Å²) >= 11 is 0. The zero-order chi connectivity index (χ0) is 14.5. The van der Waals surface area contributed by atoms with Crippen molar-refractivity contribution >= 4 is 10.9 Å². The molecule has 0 amide bonds. The van der Waals surface area contributed by atoms with Crippen molar-refractivity contribution in [1.29, 1.82) is 5.26 Å². The smallest absolute Gasteiger partial charge is 0.0998 e. The fraction of sp³-hybridized carbons (Fsp3) is 0.211. The average molecular weight is 274 g/mol. The third kappa shape index (κ3) is 2.98. The van der Waals surface area contributed by atoms with Gasteiger partial charge in [-0.1, -0.05) is 36.4 Å². The first-order valence-corrected chi connectivity index (χ1v) is 7.40. The van der Waals surface area contributed by atoms with Crippen molar-refractivity contribution in [1.82, 2.24) is 4.57 Å². The molecular weight excluding hydrogens is 256 g/mol. The number of unbranched alkanes of at least 4 members (excludes halogenated alkanes) is 1. The van der Waals surface area contributed by atoms with Gasteiger partial charge in [0, 0.05) is 23.6 Å². The van der Waals surface area contributed by atoms with Crippen molar-refractivity contribution in [2.75, 3.05) is 0 Å². The normalized spacial score (nSPS) is 10.6. The number of hydrogen-bond acceptors (Lipinski definition) is 1. The van der Waals surface area contributed by atoms with Gasteiger partial charge in [0.1, 0.15) is 0 Å². The molecule has 3 rings (SSSR count). The number of benzene rings is 2. The SMILES string of the molecule is N#Cc1cccc2c1ccn2CCCCc1ccccc1. The first-order valence-electron chi connectivity index (χ1n) is 7.40. The van der Waals surface area contributed by atoms with E-state index < -0.39 is 0 Å². The molecule has 2 heteroatoms. The highest BCUT2D eigenvalue weighted by Crippen LogP contribution is 2.20. The Labute approximate surface area is 125 Å². The van der Waals surface area contributed by atoms with E-state index in [1.165, 1.54) is 12.0 Å². The van der Waals surface area contributed by atoms with Crippen molar-refractivity contribution in [3.8, 4) is 6.07 Å². The van der Waals surface area contributed by atoms with Gasteiger partial charge in [-0.3, -0.25) is 0 Å². The maximum Gasteiger partial charge on any atom is 0.0998 e. The summed E-state index contributed by atoms with van der Waals surface area (Å²) in [7, 11) is 0. The summed E-state index contributed by atoms with van der Waals surface area (Å²) < 4.78 is 2.25. The summed E-state index contributed by atoms with van der Waals surface area (Å²) in [5.41, 5.74) is 3.32. The maximum absolute atomic E-state index is 9.13. The Morgan fingerprint density at radius 2 is 1.76 bits per heavy atom. The van der Waals surface area contributed by atoms with Crippen LogP contribution < -0.4 is 0 Å². The third-order valence-corrected chi connectivity index (χ3v) is 3.89. The molecule has 1 aromatic heterocycles. The standard InChI is InChI=1S/C19H18N2/c20-15-17-10-6-11-19-18(17)12-14-21(19)13-5-4-9-16-7-2-1-3-8-16/h1-3,6-8,10-12,14H,4-5,9,13H2. The lowest BCUT2D eigenvalue weighted by molar-refractivity contribution is 0.624. The van der Waals surface area contributed by atoms with Crippen molar-refractivity contribution < 1.29 is 0 Å². The summed E-state index contributed by atoms with van der Waals surface area (Å²) in [5, 5.41) is 10.2. The Morgan fingerprint density at radius 1 is 0.905 bits per heavy atom. The van der Waals surface area contributed by atoms with Crippen LogP contribution in [-0.4, -0.2) is 4.57 Å². The molecule has 0 aliphatic rings. The van der Waals surface area contributed by atoms with Crippen LogP contribution in [0.2, 0.25) is 0 Å². The average Bonchev–Trinajstić information content (AvgIpc) is 2.96. The Morgan fingerprint density at radius 3 is 2.57 bits per heavy atom. The molecule has 0 bridgehead atoms. The topological polar surface area (TPSA) is 28.7 Å². The van der Waals surface area contributed by atoms with Gasteiger partial charge in [0.05, 0.1) is 11.6 Å². The molecule has 0 saturated heterocycles. The number of hydrogen-bond donors (Lipinski definition) is 0. The van der Waals surface area contributed by atoms with Crippen LogP contribution in [0.4, 0.5) is 0 Å². The molecule has 0 radical (unpaired) electrons. The Balaban J connectivity index is 1.63. The zero-order valence-electron chi connectivity index (χ0n) is 12.0. The van der Waals surface area contributed by atoms with E-state index in [0.717, 1.165) is 35.9 Å². The lowest BCUT2D eigenvalue weighted by Crippen LogP contribution is -1.97. The molecular formula is C19H18N2. The quantitative estimate of drug-likeness (QED) is 0.628. The van der Waals surface area contributed by atoms with E-state index in [-0.39, 0.29) is 0 Å². The molecule has 0 unspecified atom stereocenters. The Hall–Kier alpha value is -2.53. The zero-order valence-corrected chi connectivity index (χ0v) is 12.0. The highest BCUT2D eigenvalue weighted by atomic mass is 14.9. The van der Waals surface area contributed by atoms with Crippen molar-refractivity contribution in [3.63, 3.8) is 0 Å². The molecule has 2 aromatic carbocycles. The fourth-order valence-corrected chi connectivity index (χ4v) is 2.77. The van der Waals surface area contributed by atoms with Crippen molar-refractivity contribution in [2.45, 2.75) is 25.8 Å². The first-order chi connectivity index (χ1) is 10.4. The number of rotatable bonds is 5. The van der Waals surface area contributed by atoms with Crippen LogP contribution in [-0.2, 0) is 13.0 Å². The second kappa shape index (κ2) is 6.28. The molecule has 104 valence electrons. The van der Waals surface area contributed by atoms with Gasteiger partial charge >= 0.3 is 0 Å². The molecule has 0 N–H and O–H groups in total. The minimum absolute atomic E-state index is 0.760. The Kier molecular flexibility index (Phi) is 4.02. The lowest BCUT2D eigenvalue weighted by Gasteiger charge is -2.06. The minimum Gasteiger partial charge on any atom is -0.347 e. The van der Waals surface area contributed by atoms with Crippen LogP contribution in [0.25, 0.3) is 10.9 Å². The van der Waals surface area contributed by atoms with E-state index in [4.69, 9.17) is 5.26 Å². The summed E-state index contributed by atoms with van der Waals surface area (Å²) in [6.07, 6.45) is 5.55. The van der Waals surface area contributed by atoms with Crippen LogP contribution in [0.5, 0.6) is 0 Å². The summed E-state index contributed by atoms with van der Waals surface area (Å²) in [6, 6.07) is 20.9. The number of nitriles is 1. The maximum atomic E-state index is 9.13. The predicted molar refractivity (Wildman–Crippen MR) is 86.0 cm³/mol. The van der Waals surface area contributed by atoms with Crippen molar-refractivity contribution in [3.05, 3.63) is 71.9 Å². The van der Waals surface area contributed by atoms with Gasteiger partial charge in [-0.2, -0.15) is 5.26 Å². The van der Waals surface area contributed by atoms with E-state index in [2.05, 4.69) is 53.2 Å². The third-order valence-electron chi connectivity index (χ3n) is 3.89. The summed E-state index contributed by atoms with van der Waals surface area (Å²) in [5.74, 6) is 0. The molecule has 0 spiro atoms. The summed E-state index contributed by atoms with van der Waals surface area (Å²) in [4.78, 5) is 0. The Bertz CT molecular complexity index is 763. The molecule has 0 aliphatic heterocycles. The van der Waals surface area contributed by atoms with E-state index in [0.29, 0.717) is 0 Å². The molecule has 0 fully saturated rings. The van der Waals surface area contributed by atoms with E-state index in [1.807, 2.05) is 18.2 Å². The largest absolute Gasteiger partial charge is 0.347 e. The predicted octanol–water partition coefficient (Wildman–Crippen LogP) is 4.54. The highest BCUT2D eigenvalue weighted by molar-refractivity contribution is 5.85. The number of nitrogens with zero attached hydrogens (tertiary/aromatic N) is 2. The van der Waals surface area contributed by atoms with Gasteiger partial charge < -0.3 is 4.57 Å². The van der Waals surface area contributed by atoms with Crippen LogP contribution >= 0.6 is 0 Å². The summed E-state index contributed by atoms with van der Waals surface area (Å²) in [6.45, 7) is 1.01. The van der Waals surface area contributed by atoms with Gasteiger partial charge in [0.25, 0.3) is 0 Å². The molecule has 2 nitrogen and oxygen atoms in total. The minimum atomic E-state index is 0.760. The fourth-order valence-electron chi connectivity index (χ4n) is 2.77. The lowest BCUT2D eigenvalue weighted by atomic mass is 10.1. The van der Waals surface area contributed by atoms with Crippen molar-refractivity contribution in [2.24, 2.45) is 0 Å². The molecule has 0 aliphatic carbocycles. The van der Waals surface area contributed by atoms with Gasteiger partial charge in [0.15, 0.2) is 0 Å². The van der Waals surface area contributed by atoms with Crippen LogP contribution in [0.3, 0.4) is 0 Å². The first kappa shape index (κ1) is 13.5. The monoisotopic (exact) mass is 274 g/mol. The second-order valence-electron chi connectivity index (χ2n) is 5.30. The molecule has 3 aromatic rings. The van der Waals surface area contributed by atoms with Crippen LogP contribution in [0.1, 0.15) is 24.0 Å². The molecule has 0 saturated carbocycles. The van der Waals surface area contributed by atoms with Gasteiger partial charge in [-0.05, 0) is 43.0 Å². The number of aromatic nitrogens is 1. The van der Waals surface area contributed by atoms with E-state index >= 15 is 0 Å². The van der Waals surface area contributed by atoms with Crippen LogP contribution in [0.15, 0.2) is 60.8 Å². The van der Waals surface area contributed by atoms with Gasteiger partial charge in [-0.25, -0.2) is 0 Å². The molecule has 1 heterocycles. The molecule has 21 heavy (non-hydrogen) atoms.